The molecule has 0 N–H and O–H groups in total. The first-order valence-electron chi connectivity index (χ1n) is 8.27. The second kappa shape index (κ2) is 7.38. The van der Waals surface area contributed by atoms with Crippen molar-refractivity contribution in [3.63, 3.8) is 0 Å². The maximum absolute atomic E-state index is 12.7. The molecule has 1 aliphatic rings. The molecule has 25 heavy (non-hydrogen) atoms. The molecule has 130 valence electrons. The molecule has 1 heterocycles. The second-order valence-electron chi connectivity index (χ2n) is 5.95. The molecule has 1 amide bonds. The first-order chi connectivity index (χ1) is 12.1. The summed E-state index contributed by atoms with van der Waals surface area (Å²) in [4.78, 5) is 26.5. The van der Waals surface area contributed by atoms with E-state index in [1.54, 1.807) is 37.3 Å². The average molecular weight is 339 g/mol. The van der Waals surface area contributed by atoms with Gasteiger partial charge in [-0.25, -0.2) is 0 Å². The van der Waals surface area contributed by atoms with E-state index in [1.165, 1.54) is 0 Å². The minimum atomic E-state index is 0.0229. The van der Waals surface area contributed by atoms with Gasteiger partial charge in [0.05, 0.1) is 19.9 Å². The Hall–Kier alpha value is -2.82. The summed E-state index contributed by atoms with van der Waals surface area (Å²) >= 11 is 0. The zero-order chi connectivity index (χ0) is 17.8. The lowest BCUT2D eigenvalue weighted by molar-refractivity contribution is -0.118. The molecule has 3 rings (SSSR count). The minimum Gasteiger partial charge on any atom is -0.497 e. The van der Waals surface area contributed by atoms with E-state index in [9.17, 15) is 9.59 Å². The van der Waals surface area contributed by atoms with Gasteiger partial charge >= 0.3 is 0 Å². The molecule has 2 aromatic rings. The summed E-state index contributed by atoms with van der Waals surface area (Å²) in [6, 6.07) is 13.0. The number of fused-ring (bicyclic) bond motifs is 1. The van der Waals surface area contributed by atoms with Gasteiger partial charge < -0.3 is 14.4 Å². The number of hydrogen-bond acceptors (Lipinski definition) is 4. The number of hydrogen-bond donors (Lipinski definition) is 0. The Labute approximate surface area is 147 Å². The Kier molecular flexibility index (Phi) is 5.03. The number of methoxy groups -OCH3 is 2. The van der Waals surface area contributed by atoms with Crippen LogP contribution in [-0.2, 0) is 11.2 Å². The zero-order valence-corrected chi connectivity index (χ0v) is 14.5. The largest absolute Gasteiger partial charge is 0.497 e. The smallest absolute Gasteiger partial charge is 0.227 e. The number of ether oxygens (including phenoxy) is 2. The van der Waals surface area contributed by atoms with Crippen molar-refractivity contribution in [2.45, 2.75) is 19.3 Å². The quantitative estimate of drug-likeness (QED) is 0.839. The van der Waals surface area contributed by atoms with Crippen molar-refractivity contribution in [1.82, 2.24) is 0 Å². The van der Waals surface area contributed by atoms with Crippen LogP contribution < -0.4 is 14.4 Å². The summed E-state index contributed by atoms with van der Waals surface area (Å²) in [7, 11) is 3.19. The summed E-state index contributed by atoms with van der Waals surface area (Å²) in [5.41, 5.74) is 2.32. The molecule has 0 aromatic heterocycles. The maximum atomic E-state index is 12.7. The number of Topliss-reactive ketones (excluding diaryl/α,β-unsaturated/α-hetero) is 1. The molecule has 0 bridgehead atoms. The first-order valence-corrected chi connectivity index (χ1v) is 8.27. The van der Waals surface area contributed by atoms with Crippen LogP contribution in [0.15, 0.2) is 42.5 Å². The second-order valence-corrected chi connectivity index (χ2v) is 5.95. The molecule has 0 aliphatic carbocycles. The lowest BCUT2D eigenvalue weighted by Gasteiger charge is -2.29. The highest BCUT2D eigenvalue weighted by molar-refractivity contribution is 6.09. The van der Waals surface area contributed by atoms with Crippen molar-refractivity contribution in [3.05, 3.63) is 53.6 Å². The monoisotopic (exact) mass is 339 g/mol. The van der Waals surface area contributed by atoms with E-state index in [1.807, 2.05) is 24.3 Å². The van der Waals surface area contributed by atoms with Gasteiger partial charge in [-0.05, 0) is 42.3 Å². The molecule has 0 atom stereocenters. The van der Waals surface area contributed by atoms with Crippen LogP contribution >= 0.6 is 0 Å². The van der Waals surface area contributed by atoms with Crippen LogP contribution in [0.1, 0.15) is 28.8 Å². The third kappa shape index (κ3) is 3.65. The maximum Gasteiger partial charge on any atom is 0.227 e. The number of amides is 1. The molecular weight excluding hydrogens is 318 g/mol. The molecule has 0 spiro atoms. The lowest BCUT2D eigenvalue weighted by Crippen LogP contribution is -2.37. The Balaban J connectivity index is 1.72. The van der Waals surface area contributed by atoms with Crippen LogP contribution in [0.2, 0.25) is 0 Å². The fraction of sp³-hybridized carbons (Fsp3) is 0.300. The van der Waals surface area contributed by atoms with E-state index in [0.717, 1.165) is 11.3 Å². The van der Waals surface area contributed by atoms with Crippen LogP contribution in [0.5, 0.6) is 11.5 Å². The fourth-order valence-corrected chi connectivity index (χ4v) is 3.01. The van der Waals surface area contributed by atoms with Crippen molar-refractivity contribution in [3.8, 4) is 11.5 Å². The van der Waals surface area contributed by atoms with Crippen LogP contribution in [-0.4, -0.2) is 32.5 Å². The highest BCUT2D eigenvalue weighted by Gasteiger charge is 2.27. The number of anilines is 1. The summed E-state index contributed by atoms with van der Waals surface area (Å²) in [6.45, 7) is 0.430. The molecule has 0 saturated carbocycles. The number of carbonyl (C=O) groups is 2. The minimum absolute atomic E-state index is 0.0229. The van der Waals surface area contributed by atoms with E-state index in [2.05, 4.69) is 0 Å². The molecule has 2 aromatic carbocycles. The Bertz CT molecular complexity index is 783. The number of ketones is 1. The molecular formula is C20H21NO4. The van der Waals surface area contributed by atoms with Gasteiger partial charge in [0.15, 0.2) is 5.78 Å². The summed E-state index contributed by atoms with van der Waals surface area (Å²) in [5.74, 6) is 1.50. The lowest BCUT2D eigenvalue weighted by atomic mass is 9.99. The van der Waals surface area contributed by atoms with E-state index in [-0.39, 0.29) is 11.7 Å². The molecule has 5 nitrogen and oxygen atoms in total. The Morgan fingerprint density at radius 2 is 1.72 bits per heavy atom. The van der Waals surface area contributed by atoms with Crippen LogP contribution in [0, 0.1) is 0 Å². The summed E-state index contributed by atoms with van der Waals surface area (Å²) in [6.07, 6.45) is 1.39. The van der Waals surface area contributed by atoms with Crippen molar-refractivity contribution in [1.29, 1.82) is 0 Å². The van der Waals surface area contributed by atoms with Gasteiger partial charge in [-0.1, -0.05) is 12.1 Å². The van der Waals surface area contributed by atoms with Crippen LogP contribution in [0.3, 0.4) is 0 Å². The van der Waals surface area contributed by atoms with Gasteiger partial charge in [0.1, 0.15) is 11.5 Å². The molecule has 0 fully saturated rings. The van der Waals surface area contributed by atoms with E-state index in [0.29, 0.717) is 42.8 Å². The normalized spacial score (nSPS) is 13.4. The highest BCUT2D eigenvalue weighted by Crippen LogP contribution is 2.31. The SMILES string of the molecule is COc1ccc(CCC(=O)N2CCC(=O)c3cc(OC)ccc32)cc1. The van der Waals surface area contributed by atoms with Crippen molar-refractivity contribution < 1.29 is 19.1 Å². The van der Waals surface area contributed by atoms with Gasteiger partial charge in [-0.15, -0.1) is 0 Å². The molecule has 0 saturated heterocycles. The van der Waals surface area contributed by atoms with Gasteiger partial charge in [0.2, 0.25) is 5.91 Å². The number of aryl methyl sites for hydroxylation is 1. The third-order valence-corrected chi connectivity index (χ3v) is 4.45. The number of nitrogens with zero attached hydrogens (tertiary/aromatic N) is 1. The number of rotatable bonds is 5. The standard InChI is InChI=1S/C20H21NO4/c1-24-15-6-3-14(4-7-15)5-10-20(23)21-12-11-19(22)17-13-16(25-2)8-9-18(17)21/h3-4,6-9,13H,5,10-12H2,1-2H3. The highest BCUT2D eigenvalue weighted by atomic mass is 16.5. The summed E-state index contributed by atoms with van der Waals surface area (Å²) < 4.78 is 10.3. The topological polar surface area (TPSA) is 55.8 Å². The van der Waals surface area contributed by atoms with Crippen molar-refractivity contribution >= 4 is 17.4 Å². The van der Waals surface area contributed by atoms with Gasteiger partial charge in [0.25, 0.3) is 0 Å². The zero-order valence-electron chi connectivity index (χ0n) is 14.5. The molecule has 5 heteroatoms. The Morgan fingerprint density at radius 3 is 2.40 bits per heavy atom. The van der Waals surface area contributed by atoms with E-state index in [4.69, 9.17) is 9.47 Å². The van der Waals surface area contributed by atoms with E-state index >= 15 is 0 Å². The number of benzene rings is 2. The predicted octanol–water partition coefficient (Wildman–Crippen LogP) is 3.26. The van der Waals surface area contributed by atoms with Gasteiger partial charge in [-0.3, -0.25) is 9.59 Å². The van der Waals surface area contributed by atoms with Gasteiger partial charge in [0, 0.05) is 24.9 Å². The average Bonchev–Trinajstić information content (AvgIpc) is 2.66. The number of carbonyl (C=O) groups excluding carboxylic acids is 2. The van der Waals surface area contributed by atoms with Crippen LogP contribution in [0.25, 0.3) is 0 Å². The van der Waals surface area contributed by atoms with E-state index < -0.39 is 0 Å². The third-order valence-electron chi connectivity index (χ3n) is 4.45. The first kappa shape index (κ1) is 17.0. The summed E-state index contributed by atoms with van der Waals surface area (Å²) in [5, 5.41) is 0. The molecule has 1 aliphatic heterocycles. The Morgan fingerprint density at radius 1 is 1.04 bits per heavy atom. The van der Waals surface area contributed by atoms with Crippen molar-refractivity contribution in [2.24, 2.45) is 0 Å². The fourth-order valence-electron chi connectivity index (χ4n) is 3.01. The van der Waals surface area contributed by atoms with Crippen molar-refractivity contribution in [2.75, 3.05) is 25.7 Å². The van der Waals surface area contributed by atoms with Gasteiger partial charge in [-0.2, -0.15) is 0 Å². The van der Waals surface area contributed by atoms with Crippen LogP contribution in [0.4, 0.5) is 5.69 Å². The molecule has 0 unspecified atom stereocenters. The predicted molar refractivity (Wildman–Crippen MR) is 95.6 cm³/mol. The molecule has 0 radical (unpaired) electrons.